The lowest BCUT2D eigenvalue weighted by Gasteiger charge is -2.28. The van der Waals surface area contributed by atoms with Crippen LogP contribution < -0.4 is 11.3 Å². The summed E-state index contributed by atoms with van der Waals surface area (Å²) in [5, 5.41) is 16.2. The topological polar surface area (TPSA) is 123 Å². The summed E-state index contributed by atoms with van der Waals surface area (Å²) in [6, 6.07) is 11.4. The first-order valence-electron chi connectivity index (χ1n) is 10.6. The highest BCUT2D eigenvalue weighted by Crippen LogP contribution is 2.22. The molecular formula is C23H22FN7O2. The number of nitrogens with two attached hydrogens (primary N) is 1. The molecule has 0 saturated heterocycles. The smallest absolute Gasteiger partial charge is 0.272 e. The average Bonchev–Trinajstić information content (AvgIpc) is 3.25. The molecule has 4 aromatic rings. The van der Waals surface area contributed by atoms with E-state index in [4.69, 9.17) is 5.73 Å². The van der Waals surface area contributed by atoms with Crippen LogP contribution in [0.2, 0.25) is 0 Å². The highest BCUT2D eigenvalue weighted by atomic mass is 19.1. The number of halogens is 1. The van der Waals surface area contributed by atoms with Crippen molar-refractivity contribution in [3.63, 3.8) is 0 Å². The van der Waals surface area contributed by atoms with Gasteiger partial charge in [0.05, 0.1) is 29.2 Å². The molecule has 0 radical (unpaired) electrons. The van der Waals surface area contributed by atoms with Gasteiger partial charge in [0.2, 0.25) is 0 Å². The number of nitrogens with zero attached hydrogens (tertiary/aromatic N) is 5. The number of carbonyl (C=O) groups excluding carboxylic acids is 1. The number of H-pyrrole nitrogens is 1. The van der Waals surface area contributed by atoms with Crippen LogP contribution in [0, 0.1) is 5.82 Å². The van der Waals surface area contributed by atoms with E-state index in [1.54, 1.807) is 29.2 Å². The van der Waals surface area contributed by atoms with Crippen molar-refractivity contribution in [1.29, 1.82) is 0 Å². The fourth-order valence-corrected chi connectivity index (χ4v) is 4.21. The molecule has 2 aromatic carbocycles. The summed E-state index contributed by atoms with van der Waals surface area (Å²) >= 11 is 0. The lowest BCUT2D eigenvalue weighted by molar-refractivity contribution is 0.0701. The molecule has 3 heterocycles. The minimum Gasteiger partial charge on any atom is -0.329 e. The maximum atomic E-state index is 14.7. The monoisotopic (exact) mass is 447 g/mol. The number of aromatic nitrogens is 5. The second kappa shape index (κ2) is 8.21. The van der Waals surface area contributed by atoms with Crippen molar-refractivity contribution in [1.82, 2.24) is 29.9 Å². The van der Waals surface area contributed by atoms with Crippen LogP contribution in [0.25, 0.3) is 10.8 Å². The van der Waals surface area contributed by atoms with Gasteiger partial charge in [0, 0.05) is 24.9 Å². The molecule has 1 amide bonds. The highest BCUT2D eigenvalue weighted by Gasteiger charge is 2.27. The maximum Gasteiger partial charge on any atom is 0.272 e. The van der Waals surface area contributed by atoms with Crippen LogP contribution in [-0.4, -0.2) is 42.3 Å². The van der Waals surface area contributed by atoms with Crippen LogP contribution in [0.1, 0.15) is 46.2 Å². The third kappa shape index (κ3) is 3.78. The zero-order valence-electron chi connectivity index (χ0n) is 18.0. The van der Waals surface area contributed by atoms with Crippen molar-refractivity contribution in [2.45, 2.75) is 32.5 Å². The number of hydrogen-bond donors (Lipinski definition) is 2. The van der Waals surface area contributed by atoms with Gasteiger partial charge in [0.1, 0.15) is 11.6 Å². The van der Waals surface area contributed by atoms with Crippen LogP contribution in [0.4, 0.5) is 4.39 Å². The predicted octanol–water partition coefficient (Wildman–Crippen LogP) is 1.92. The number of hydrogen-bond acceptors (Lipinski definition) is 6. The fourth-order valence-electron chi connectivity index (χ4n) is 4.21. The van der Waals surface area contributed by atoms with E-state index in [1.807, 2.05) is 23.6 Å². The Morgan fingerprint density at radius 3 is 2.76 bits per heavy atom. The minimum atomic E-state index is -0.591. The summed E-state index contributed by atoms with van der Waals surface area (Å²) < 4.78 is 16.6. The molecule has 1 aliphatic heterocycles. The number of fused-ring (bicyclic) bond motifs is 2. The van der Waals surface area contributed by atoms with Gasteiger partial charge in [-0.3, -0.25) is 9.59 Å². The molecule has 0 spiro atoms. The molecule has 33 heavy (non-hydrogen) atoms. The van der Waals surface area contributed by atoms with Crippen LogP contribution in [-0.2, 0) is 19.5 Å². The summed E-state index contributed by atoms with van der Waals surface area (Å²) in [5.74, 6) is 0.296. The van der Waals surface area contributed by atoms with Gasteiger partial charge in [-0.25, -0.2) is 9.49 Å². The van der Waals surface area contributed by atoms with Crippen molar-refractivity contribution >= 4 is 16.7 Å². The molecule has 1 atom stereocenters. The number of nitrogens with one attached hydrogen (secondary N) is 1. The molecule has 5 rings (SSSR count). The molecule has 0 saturated carbocycles. The SMILES string of the molecule is CC(N)c1nnc2n1CCN(C(=O)c1cc(Cc3n[nH]c(=O)c4ccccc34)ccc1F)C2. The Balaban J connectivity index is 1.42. The Bertz CT molecular complexity index is 1430. The van der Waals surface area contributed by atoms with Crippen LogP contribution in [0.3, 0.4) is 0 Å². The molecule has 0 fully saturated rings. The van der Waals surface area contributed by atoms with Crippen molar-refractivity contribution in [2.24, 2.45) is 5.73 Å². The standard InChI is InChI=1S/C23H22FN7O2/c1-13(25)21-28-27-20-12-30(8-9-31(20)21)23(33)17-10-14(6-7-18(17)24)11-19-15-4-2-3-5-16(15)22(32)29-26-19/h2-7,10,13H,8-9,11-12,25H2,1H3,(H,29,32). The van der Waals surface area contributed by atoms with Gasteiger partial charge in [-0.2, -0.15) is 5.10 Å². The number of aromatic amines is 1. The average molecular weight is 447 g/mol. The van der Waals surface area contributed by atoms with Crippen molar-refractivity contribution in [3.05, 3.63) is 87.1 Å². The number of rotatable bonds is 4. The summed E-state index contributed by atoms with van der Waals surface area (Å²) in [6.45, 7) is 2.96. The first-order chi connectivity index (χ1) is 15.9. The summed E-state index contributed by atoms with van der Waals surface area (Å²) in [4.78, 5) is 26.8. The van der Waals surface area contributed by atoms with Gasteiger partial charge < -0.3 is 15.2 Å². The lowest BCUT2D eigenvalue weighted by Crippen LogP contribution is -2.39. The maximum absolute atomic E-state index is 14.7. The zero-order valence-corrected chi connectivity index (χ0v) is 18.0. The molecule has 2 aromatic heterocycles. The largest absolute Gasteiger partial charge is 0.329 e. The van der Waals surface area contributed by atoms with Crippen molar-refractivity contribution in [3.8, 4) is 0 Å². The van der Waals surface area contributed by atoms with E-state index in [9.17, 15) is 14.0 Å². The van der Waals surface area contributed by atoms with E-state index >= 15 is 0 Å². The zero-order chi connectivity index (χ0) is 23.1. The van der Waals surface area contributed by atoms with E-state index in [1.165, 1.54) is 6.07 Å². The Kier molecular flexibility index (Phi) is 5.21. The highest BCUT2D eigenvalue weighted by molar-refractivity contribution is 5.94. The molecule has 1 aliphatic rings. The second-order valence-electron chi connectivity index (χ2n) is 8.18. The molecular weight excluding hydrogens is 425 g/mol. The van der Waals surface area contributed by atoms with E-state index in [2.05, 4.69) is 20.4 Å². The van der Waals surface area contributed by atoms with Gasteiger partial charge in [-0.05, 0) is 30.7 Å². The van der Waals surface area contributed by atoms with Crippen LogP contribution in [0.5, 0.6) is 0 Å². The number of benzene rings is 2. The van der Waals surface area contributed by atoms with Crippen molar-refractivity contribution < 1.29 is 9.18 Å². The Labute approximate surface area is 188 Å². The molecule has 0 aliphatic carbocycles. The minimum absolute atomic E-state index is 0.0124. The third-order valence-electron chi connectivity index (χ3n) is 5.88. The van der Waals surface area contributed by atoms with E-state index in [0.717, 1.165) is 5.39 Å². The first kappa shape index (κ1) is 21.0. The first-order valence-corrected chi connectivity index (χ1v) is 10.6. The Hall–Kier alpha value is -3.92. The normalized spacial score (nSPS) is 14.3. The second-order valence-corrected chi connectivity index (χ2v) is 8.18. The summed E-state index contributed by atoms with van der Waals surface area (Å²) in [6.07, 6.45) is 0.337. The summed E-state index contributed by atoms with van der Waals surface area (Å²) in [7, 11) is 0. The van der Waals surface area contributed by atoms with Gasteiger partial charge >= 0.3 is 0 Å². The van der Waals surface area contributed by atoms with E-state index < -0.39 is 11.7 Å². The molecule has 10 heteroatoms. The summed E-state index contributed by atoms with van der Waals surface area (Å²) in [5.41, 5.74) is 7.01. The quantitative estimate of drug-likeness (QED) is 0.493. The van der Waals surface area contributed by atoms with Gasteiger partial charge in [-0.15, -0.1) is 10.2 Å². The molecule has 1 unspecified atom stereocenters. The molecule has 3 N–H and O–H groups in total. The lowest BCUT2D eigenvalue weighted by atomic mass is 10.0. The van der Waals surface area contributed by atoms with Crippen LogP contribution >= 0.6 is 0 Å². The fraction of sp³-hybridized carbons (Fsp3) is 0.261. The van der Waals surface area contributed by atoms with Crippen molar-refractivity contribution in [2.75, 3.05) is 6.54 Å². The van der Waals surface area contributed by atoms with Gasteiger partial charge in [0.25, 0.3) is 11.5 Å². The third-order valence-corrected chi connectivity index (χ3v) is 5.88. The number of carbonyl (C=O) groups is 1. The van der Waals surface area contributed by atoms with Gasteiger partial charge in [0.15, 0.2) is 5.82 Å². The van der Waals surface area contributed by atoms with E-state index in [-0.39, 0.29) is 23.7 Å². The Morgan fingerprint density at radius 1 is 1.18 bits per heavy atom. The predicted molar refractivity (Wildman–Crippen MR) is 119 cm³/mol. The molecule has 168 valence electrons. The van der Waals surface area contributed by atoms with E-state index in [0.29, 0.717) is 47.8 Å². The molecule has 9 nitrogen and oxygen atoms in total. The Morgan fingerprint density at radius 2 is 1.97 bits per heavy atom. The van der Waals surface area contributed by atoms with Crippen LogP contribution in [0.15, 0.2) is 47.3 Å². The number of amides is 1. The molecule has 0 bridgehead atoms. The van der Waals surface area contributed by atoms with Gasteiger partial charge in [-0.1, -0.05) is 24.3 Å².